The highest BCUT2D eigenvalue weighted by atomic mass is 35.5. The quantitative estimate of drug-likeness (QED) is 0.605. The fourth-order valence-electron chi connectivity index (χ4n) is 1.05. The van der Waals surface area contributed by atoms with Gasteiger partial charge in [-0.05, 0) is 25.1 Å². The maximum absolute atomic E-state index is 13.2. The van der Waals surface area contributed by atoms with E-state index in [4.69, 9.17) is 11.6 Å². The van der Waals surface area contributed by atoms with E-state index in [1.165, 1.54) is 0 Å². The number of hydrogen-bond donors (Lipinski definition) is 0. The number of esters is 1. The van der Waals surface area contributed by atoms with Crippen LogP contribution in [-0.4, -0.2) is 12.6 Å². The average Bonchev–Trinajstić information content (AvgIpc) is 2.16. The second-order valence-electron chi connectivity index (χ2n) is 2.87. The molecule has 1 aromatic carbocycles. The molecule has 0 fully saturated rings. The summed E-state index contributed by atoms with van der Waals surface area (Å²) >= 11 is 5.44. The van der Waals surface area contributed by atoms with Crippen molar-refractivity contribution in [2.45, 2.75) is 6.92 Å². The average molecular weight is 247 g/mol. The Hall–Kier alpha value is -1.42. The lowest BCUT2D eigenvalue weighted by Gasteiger charge is -2.00. The van der Waals surface area contributed by atoms with Gasteiger partial charge in [-0.15, -0.1) is 0 Å². The number of carbonyl (C=O) groups excluding carboxylic acids is 1. The van der Waals surface area contributed by atoms with Crippen molar-refractivity contribution in [3.05, 3.63) is 40.4 Å². The lowest BCUT2D eigenvalue weighted by atomic mass is 10.2. The molecular formula is C11H9ClF2O2. The molecule has 0 radical (unpaired) electrons. The predicted molar refractivity (Wildman–Crippen MR) is 57.0 cm³/mol. The molecular weight excluding hydrogens is 238 g/mol. The smallest absolute Gasteiger partial charge is 0.330 e. The van der Waals surface area contributed by atoms with Crippen molar-refractivity contribution >= 4 is 23.6 Å². The zero-order valence-corrected chi connectivity index (χ0v) is 9.22. The Morgan fingerprint density at radius 3 is 2.50 bits per heavy atom. The van der Waals surface area contributed by atoms with Crippen molar-refractivity contribution in [2.75, 3.05) is 6.61 Å². The number of rotatable bonds is 3. The highest BCUT2D eigenvalue weighted by molar-refractivity contribution is 6.30. The third-order valence-electron chi connectivity index (χ3n) is 1.72. The van der Waals surface area contributed by atoms with Crippen molar-refractivity contribution in [2.24, 2.45) is 0 Å². The first-order valence-corrected chi connectivity index (χ1v) is 4.91. The van der Waals surface area contributed by atoms with Crippen LogP contribution in [0, 0.1) is 11.6 Å². The van der Waals surface area contributed by atoms with Crippen LogP contribution in [0.3, 0.4) is 0 Å². The van der Waals surface area contributed by atoms with Crippen molar-refractivity contribution in [3.8, 4) is 0 Å². The van der Waals surface area contributed by atoms with Gasteiger partial charge in [-0.1, -0.05) is 11.6 Å². The van der Waals surface area contributed by atoms with Crippen molar-refractivity contribution in [1.82, 2.24) is 0 Å². The molecule has 86 valence electrons. The minimum atomic E-state index is -0.828. The van der Waals surface area contributed by atoms with Crippen molar-refractivity contribution in [1.29, 1.82) is 0 Å². The lowest BCUT2D eigenvalue weighted by Crippen LogP contribution is -1.99. The van der Waals surface area contributed by atoms with E-state index in [2.05, 4.69) is 4.74 Å². The van der Waals surface area contributed by atoms with Gasteiger partial charge in [-0.25, -0.2) is 13.6 Å². The van der Waals surface area contributed by atoms with Gasteiger partial charge in [0.25, 0.3) is 0 Å². The van der Waals surface area contributed by atoms with E-state index in [-0.39, 0.29) is 17.2 Å². The summed E-state index contributed by atoms with van der Waals surface area (Å²) in [6.45, 7) is 1.84. The van der Waals surface area contributed by atoms with E-state index in [0.29, 0.717) is 0 Å². The first-order chi connectivity index (χ1) is 7.54. The van der Waals surface area contributed by atoms with E-state index in [0.717, 1.165) is 24.3 Å². The first kappa shape index (κ1) is 12.6. The summed E-state index contributed by atoms with van der Waals surface area (Å²) < 4.78 is 31.0. The molecule has 0 aromatic heterocycles. The van der Waals surface area contributed by atoms with Crippen molar-refractivity contribution in [3.63, 3.8) is 0 Å². The predicted octanol–water partition coefficient (Wildman–Crippen LogP) is 3.19. The molecule has 0 unspecified atom stereocenters. The SMILES string of the molecule is CCOC(=O)C=Cc1c(F)cc(Cl)cc1F. The molecule has 0 N–H and O–H groups in total. The van der Waals surface area contributed by atoms with E-state index in [1.54, 1.807) is 6.92 Å². The Labute approximate surface area is 96.5 Å². The van der Waals surface area contributed by atoms with Crippen LogP contribution in [0.5, 0.6) is 0 Å². The summed E-state index contributed by atoms with van der Waals surface area (Å²) in [4.78, 5) is 10.9. The van der Waals surface area contributed by atoms with Gasteiger partial charge in [-0.2, -0.15) is 0 Å². The number of benzene rings is 1. The lowest BCUT2D eigenvalue weighted by molar-refractivity contribution is -0.137. The zero-order valence-electron chi connectivity index (χ0n) is 8.47. The standard InChI is InChI=1S/C11H9ClF2O2/c1-2-16-11(15)4-3-8-9(13)5-7(12)6-10(8)14/h3-6H,2H2,1H3. The number of carbonyl (C=O) groups is 1. The third kappa shape index (κ3) is 3.31. The van der Waals surface area contributed by atoms with Crippen LogP contribution in [0.2, 0.25) is 5.02 Å². The maximum atomic E-state index is 13.2. The summed E-state index contributed by atoms with van der Waals surface area (Å²) in [5.41, 5.74) is -0.322. The van der Waals surface area contributed by atoms with Gasteiger partial charge in [0.15, 0.2) is 0 Å². The van der Waals surface area contributed by atoms with Crippen LogP contribution in [0.15, 0.2) is 18.2 Å². The van der Waals surface area contributed by atoms with Crippen LogP contribution in [0.1, 0.15) is 12.5 Å². The minimum absolute atomic E-state index is 0.0386. The summed E-state index contributed by atoms with van der Waals surface area (Å²) in [6.07, 6.45) is 1.97. The summed E-state index contributed by atoms with van der Waals surface area (Å²) in [7, 11) is 0. The van der Waals surface area contributed by atoms with Gasteiger partial charge < -0.3 is 4.74 Å². The highest BCUT2D eigenvalue weighted by Gasteiger charge is 2.08. The Balaban J connectivity index is 2.93. The van der Waals surface area contributed by atoms with E-state index >= 15 is 0 Å². The van der Waals surface area contributed by atoms with Crippen LogP contribution in [0.25, 0.3) is 6.08 Å². The maximum Gasteiger partial charge on any atom is 0.330 e. The molecule has 16 heavy (non-hydrogen) atoms. The van der Waals surface area contributed by atoms with Crippen LogP contribution < -0.4 is 0 Å². The molecule has 2 nitrogen and oxygen atoms in total. The fourth-order valence-corrected chi connectivity index (χ4v) is 1.25. The second kappa shape index (κ2) is 5.61. The molecule has 0 aliphatic rings. The molecule has 0 saturated heterocycles. The van der Waals surface area contributed by atoms with E-state index in [9.17, 15) is 13.6 Å². The Morgan fingerprint density at radius 1 is 1.44 bits per heavy atom. The monoisotopic (exact) mass is 246 g/mol. The highest BCUT2D eigenvalue weighted by Crippen LogP contribution is 2.19. The Bertz CT molecular complexity index is 407. The van der Waals surface area contributed by atoms with Gasteiger partial charge in [0.1, 0.15) is 11.6 Å². The Kier molecular flexibility index (Phi) is 4.43. The normalized spacial score (nSPS) is 10.8. The molecule has 0 aliphatic heterocycles. The van der Waals surface area contributed by atoms with Crippen LogP contribution >= 0.6 is 11.6 Å². The van der Waals surface area contributed by atoms with Crippen LogP contribution in [-0.2, 0) is 9.53 Å². The number of halogens is 3. The van der Waals surface area contributed by atoms with Gasteiger partial charge in [-0.3, -0.25) is 0 Å². The summed E-state index contributed by atoms with van der Waals surface area (Å²) in [5.74, 6) is -2.31. The summed E-state index contributed by atoms with van der Waals surface area (Å²) in [5, 5.41) is -0.0386. The van der Waals surface area contributed by atoms with Gasteiger partial charge in [0, 0.05) is 16.7 Å². The van der Waals surface area contributed by atoms with Gasteiger partial charge >= 0.3 is 5.97 Å². The van der Waals surface area contributed by atoms with E-state index in [1.807, 2.05) is 0 Å². The minimum Gasteiger partial charge on any atom is -0.463 e. The van der Waals surface area contributed by atoms with Crippen LogP contribution in [0.4, 0.5) is 8.78 Å². The molecule has 0 spiro atoms. The van der Waals surface area contributed by atoms with E-state index < -0.39 is 17.6 Å². The zero-order chi connectivity index (χ0) is 12.1. The van der Waals surface area contributed by atoms with Gasteiger partial charge in [0.05, 0.1) is 6.61 Å². The molecule has 0 saturated carbocycles. The van der Waals surface area contributed by atoms with Crippen molar-refractivity contribution < 1.29 is 18.3 Å². The molecule has 0 aliphatic carbocycles. The first-order valence-electron chi connectivity index (χ1n) is 4.54. The Morgan fingerprint density at radius 2 is 2.00 bits per heavy atom. The molecule has 0 amide bonds. The van der Waals surface area contributed by atoms with Gasteiger partial charge in [0.2, 0.25) is 0 Å². The number of ether oxygens (including phenoxy) is 1. The topological polar surface area (TPSA) is 26.3 Å². The molecule has 5 heteroatoms. The molecule has 0 heterocycles. The molecule has 1 aromatic rings. The summed E-state index contributed by atoms with van der Waals surface area (Å²) in [6, 6.07) is 1.94. The number of hydrogen-bond acceptors (Lipinski definition) is 2. The second-order valence-corrected chi connectivity index (χ2v) is 3.30. The molecule has 0 atom stereocenters. The largest absolute Gasteiger partial charge is 0.463 e. The molecule has 1 rings (SSSR count). The third-order valence-corrected chi connectivity index (χ3v) is 1.93. The molecule has 0 bridgehead atoms. The fraction of sp³-hybridized carbons (Fsp3) is 0.182.